The van der Waals surface area contributed by atoms with Crippen LogP contribution in [0.1, 0.15) is 0 Å². The van der Waals surface area contributed by atoms with Crippen molar-refractivity contribution >= 4 is 51.4 Å². The van der Waals surface area contributed by atoms with Crippen LogP contribution in [0.15, 0.2) is 0 Å². The first-order chi connectivity index (χ1) is 2.00. The Morgan fingerprint density at radius 1 is 1.14 bits per heavy atom. The van der Waals surface area contributed by atoms with E-state index in [0.717, 1.165) is 0 Å². The third kappa shape index (κ3) is 63.5. The molecule has 0 aromatic carbocycles. The molecule has 7 heavy (non-hydrogen) atoms. The maximum absolute atomic E-state index is 8.69. The second-order valence-corrected chi connectivity index (χ2v) is 1.63. The van der Waals surface area contributed by atoms with Gasteiger partial charge in [-0.1, -0.05) is 0 Å². The van der Waals surface area contributed by atoms with E-state index < -0.39 is 13.0 Å². The fourth-order valence-electron chi connectivity index (χ4n) is 0. The molecule has 0 aromatic heterocycles. The van der Waals surface area contributed by atoms with Gasteiger partial charge in [0.1, 0.15) is 0 Å². The summed E-state index contributed by atoms with van der Waals surface area (Å²) in [5, 5.41) is 0. The standard InChI is InChI=1S/Ag.K.Mn.H2O.3O.H/h;;;1H2;;;;/q;;+1;;;;;/p-1. The van der Waals surface area contributed by atoms with Crippen LogP contribution in [0.25, 0.3) is 0 Å². The molecule has 4 nitrogen and oxygen atoms in total. The van der Waals surface area contributed by atoms with Gasteiger partial charge in [0.05, 0.1) is 0 Å². The SMILES string of the molecule is [Ag].[KH].[O]=[Mn](=[O])(=[O])[OH]. The first-order valence-electron chi connectivity index (χ1n) is 0.632. The Bertz CT molecular complexity index is 133. The van der Waals surface area contributed by atoms with Gasteiger partial charge in [0.15, 0.2) is 0 Å². The van der Waals surface area contributed by atoms with Gasteiger partial charge in [-0.3, -0.25) is 0 Å². The minimum atomic E-state index is -5.38. The summed E-state index contributed by atoms with van der Waals surface area (Å²) in [5.41, 5.74) is 0. The van der Waals surface area contributed by atoms with E-state index in [1.165, 1.54) is 0 Å². The fourth-order valence-corrected chi connectivity index (χ4v) is 0. The molecule has 0 aromatic rings. The molecule has 0 saturated carbocycles. The predicted octanol–water partition coefficient (Wildman–Crippen LogP) is -1.57. The van der Waals surface area contributed by atoms with E-state index in [1.807, 2.05) is 0 Å². The number of hydrogen-bond donors (Lipinski definition) is 1. The van der Waals surface area contributed by atoms with Crippen LogP contribution in [0.4, 0.5) is 0 Å². The molecule has 0 fully saturated rings. The van der Waals surface area contributed by atoms with Crippen LogP contribution in [0.5, 0.6) is 0 Å². The molecule has 0 rings (SSSR count). The monoisotopic (exact) mass is 267 g/mol. The van der Waals surface area contributed by atoms with E-state index in [9.17, 15) is 0 Å². The van der Waals surface area contributed by atoms with Gasteiger partial charge in [-0.2, -0.15) is 0 Å². The van der Waals surface area contributed by atoms with Crippen molar-refractivity contribution in [3.05, 3.63) is 0 Å². The molecule has 0 spiro atoms. The number of rotatable bonds is 0. The van der Waals surface area contributed by atoms with Gasteiger partial charge in [0.2, 0.25) is 0 Å². The van der Waals surface area contributed by atoms with Crippen LogP contribution < -0.4 is 0 Å². The van der Waals surface area contributed by atoms with Crippen molar-refractivity contribution in [1.29, 1.82) is 0 Å². The maximum atomic E-state index is 8.69. The Morgan fingerprint density at radius 2 is 1.14 bits per heavy atom. The second kappa shape index (κ2) is 6.38. The topological polar surface area (TPSA) is 71.4 Å². The van der Waals surface area contributed by atoms with Crippen LogP contribution in [0.2, 0.25) is 0 Å². The molecular formula is H2AgKMnO4. The molecule has 0 bridgehead atoms. The molecule has 0 aliphatic heterocycles. The quantitative estimate of drug-likeness (QED) is 0.539. The van der Waals surface area contributed by atoms with Crippen LogP contribution in [-0.4, -0.2) is 55.6 Å². The minimum absolute atomic E-state index is 0. The zero-order valence-electron chi connectivity index (χ0n) is 2.35. The molecule has 0 aliphatic rings. The zero-order chi connectivity index (χ0) is 4.50. The van der Waals surface area contributed by atoms with Crippen molar-refractivity contribution in [2.75, 3.05) is 0 Å². The molecule has 0 heterocycles. The normalized spacial score (nSPS) is 8.14. The molecule has 1 radical (unpaired) electrons. The second-order valence-electron chi connectivity index (χ2n) is 0.396. The average Bonchev–Trinajstić information content (AvgIpc) is 0.722. The summed E-state index contributed by atoms with van der Waals surface area (Å²) in [6.07, 6.45) is 0. The van der Waals surface area contributed by atoms with E-state index in [0.29, 0.717) is 0 Å². The Kier molecular flexibility index (Phi) is 14.7. The van der Waals surface area contributed by atoms with Gasteiger partial charge in [0.25, 0.3) is 0 Å². The molecule has 0 atom stereocenters. The fraction of sp³-hybridized carbons (Fsp3) is 0. The Balaban J connectivity index is -0.0000000800. The Hall–Kier alpha value is 2.26. The molecule has 0 saturated heterocycles. The predicted molar refractivity (Wildman–Crippen MR) is 11.4 cm³/mol. The van der Waals surface area contributed by atoms with E-state index in [1.54, 1.807) is 0 Å². The third-order valence-electron chi connectivity index (χ3n) is 0. The molecular weight excluding hydrogens is 266 g/mol. The van der Waals surface area contributed by atoms with E-state index in [4.69, 9.17) is 15.7 Å². The van der Waals surface area contributed by atoms with E-state index in [2.05, 4.69) is 0 Å². The van der Waals surface area contributed by atoms with Gasteiger partial charge in [-0.05, 0) is 0 Å². The first-order valence-corrected chi connectivity index (χ1v) is 2.61. The molecule has 0 amide bonds. The van der Waals surface area contributed by atoms with Crippen molar-refractivity contribution < 1.29 is 51.0 Å². The summed E-state index contributed by atoms with van der Waals surface area (Å²) in [5.74, 6) is 0. The van der Waals surface area contributed by atoms with Crippen molar-refractivity contribution in [2.24, 2.45) is 0 Å². The summed E-state index contributed by atoms with van der Waals surface area (Å²) >= 11 is -5.38. The summed E-state index contributed by atoms with van der Waals surface area (Å²) < 4.78 is 33.1. The van der Waals surface area contributed by atoms with Crippen LogP contribution in [-0.2, 0) is 46.9 Å². The first kappa shape index (κ1) is 16.1. The Morgan fingerprint density at radius 3 is 1.14 bits per heavy atom. The zero-order valence-corrected chi connectivity index (χ0v) is 5.01. The molecule has 0 aliphatic carbocycles. The molecule has 7 heteroatoms. The van der Waals surface area contributed by atoms with Crippen molar-refractivity contribution in [2.45, 2.75) is 0 Å². The van der Waals surface area contributed by atoms with Crippen LogP contribution in [0.3, 0.4) is 0 Å². The van der Waals surface area contributed by atoms with Crippen molar-refractivity contribution in [3.8, 4) is 0 Å². The van der Waals surface area contributed by atoms with Crippen LogP contribution in [0, 0.1) is 0 Å². The van der Waals surface area contributed by atoms with Gasteiger partial charge >= 0.3 is 80.0 Å². The van der Waals surface area contributed by atoms with Crippen LogP contribution >= 0.6 is 0 Å². The third-order valence-corrected chi connectivity index (χ3v) is 0. The molecule has 1 N–H and O–H groups in total. The van der Waals surface area contributed by atoms with Crippen molar-refractivity contribution in [3.63, 3.8) is 0 Å². The van der Waals surface area contributed by atoms with E-state index >= 15 is 0 Å². The Labute approximate surface area is 100 Å². The summed E-state index contributed by atoms with van der Waals surface area (Å²) in [6.45, 7) is 0. The van der Waals surface area contributed by atoms with Gasteiger partial charge < -0.3 is 0 Å². The molecule has 45 valence electrons. The molecule has 0 unspecified atom stereocenters. The van der Waals surface area contributed by atoms with E-state index in [-0.39, 0.29) is 73.8 Å². The summed E-state index contributed by atoms with van der Waals surface area (Å²) in [4.78, 5) is 0. The summed E-state index contributed by atoms with van der Waals surface area (Å²) in [7, 11) is 0. The van der Waals surface area contributed by atoms with Crippen molar-refractivity contribution in [1.82, 2.24) is 0 Å². The number of hydrogen-bond acceptors (Lipinski definition) is 3. The van der Waals surface area contributed by atoms with Gasteiger partial charge in [0, 0.05) is 22.4 Å². The van der Waals surface area contributed by atoms with Gasteiger partial charge in [-0.25, -0.2) is 0 Å². The van der Waals surface area contributed by atoms with Gasteiger partial charge in [-0.15, -0.1) is 0 Å². The average molecular weight is 268 g/mol. The summed E-state index contributed by atoms with van der Waals surface area (Å²) in [6, 6.07) is 0.